The Hall–Kier alpha value is -2.07. The number of rotatable bonds is 5. The quantitative estimate of drug-likeness (QED) is 0.795. The van der Waals surface area contributed by atoms with E-state index < -0.39 is 0 Å². The SMILES string of the molecule is CCCCc1ccc(NC(=S)N2CCN(c3ccccc3)CC2)cc1. The van der Waals surface area contributed by atoms with Crippen molar-refractivity contribution in [1.82, 2.24) is 4.90 Å². The first-order chi connectivity index (χ1) is 12.3. The van der Waals surface area contributed by atoms with Crippen molar-refractivity contribution in [2.24, 2.45) is 0 Å². The van der Waals surface area contributed by atoms with Gasteiger partial charge in [-0.15, -0.1) is 0 Å². The van der Waals surface area contributed by atoms with Crippen LogP contribution in [-0.4, -0.2) is 36.2 Å². The number of hydrogen-bond donors (Lipinski definition) is 1. The molecule has 1 aliphatic rings. The van der Waals surface area contributed by atoms with Gasteiger partial charge in [-0.05, 0) is 54.9 Å². The number of nitrogens with one attached hydrogen (secondary N) is 1. The molecule has 1 heterocycles. The topological polar surface area (TPSA) is 18.5 Å². The van der Waals surface area contributed by atoms with Gasteiger partial charge in [-0.25, -0.2) is 0 Å². The van der Waals surface area contributed by atoms with E-state index in [0.717, 1.165) is 43.4 Å². The highest BCUT2D eigenvalue weighted by molar-refractivity contribution is 7.80. The first kappa shape index (κ1) is 17.7. The van der Waals surface area contributed by atoms with Crippen molar-refractivity contribution in [1.29, 1.82) is 0 Å². The fourth-order valence-corrected chi connectivity index (χ4v) is 3.45. The summed E-state index contributed by atoms with van der Waals surface area (Å²) >= 11 is 5.61. The highest BCUT2D eigenvalue weighted by Gasteiger charge is 2.19. The molecule has 0 radical (unpaired) electrons. The lowest BCUT2D eigenvalue weighted by molar-refractivity contribution is 0.391. The molecule has 0 aliphatic carbocycles. The maximum absolute atomic E-state index is 5.61. The molecule has 1 N–H and O–H groups in total. The highest BCUT2D eigenvalue weighted by atomic mass is 32.1. The Morgan fingerprint density at radius 3 is 2.28 bits per heavy atom. The fraction of sp³-hybridized carbons (Fsp3) is 0.381. The average Bonchev–Trinajstić information content (AvgIpc) is 2.68. The van der Waals surface area contributed by atoms with Crippen LogP contribution in [0.1, 0.15) is 25.3 Å². The van der Waals surface area contributed by atoms with Crippen molar-refractivity contribution in [3.05, 3.63) is 60.2 Å². The van der Waals surface area contributed by atoms with Gasteiger partial charge in [0.2, 0.25) is 0 Å². The van der Waals surface area contributed by atoms with Gasteiger partial charge >= 0.3 is 0 Å². The van der Waals surface area contributed by atoms with Crippen molar-refractivity contribution in [3.63, 3.8) is 0 Å². The Labute approximate surface area is 156 Å². The number of piperazine rings is 1. The molecule has 4 heteroatoms. The Bertz CT molecular complexity index is 661. The van der Waals surface area contributed by atoms with Gasteiger partial charge in [0.15, 0.2) is 5.11 Å². The summed E-state index contributed by atoms with van der Waals surface area (Å²) in [6.45, 7) is 6.14. The second-order valence-electron chi connectivity index (χ2n) is 6.54. The predicted octanol–water partition coefficient (Wildman–Crippen LogP) is 4.55. The molecule has 0 bridgehead atoms. The smallest absolute Gasteiger partial charge is 0.173 e. The molecule has 1 aliphatic heterocycles. The van der Waals surface area contributed by atoms with Crippen LogP contribution in [0.5, 0.6) is 0 Å². The van der Waals surface area contributed by atoms with E-state index in [0.29, 0.717) is 0 Å². The van der Waals surface area contributed by atoms with Crippen LogP contribution in [0.15, 0.2) is 54.6 Å². The van der Waals surface area contributed by atoms with Gasteiger partial charge < -0.3 is 15.1 Å². The summed E-state index contributed by atoms with van der Waals surface area (Å²) in [6.07, 6.45) is 3.64. The molecule has 3 nitrogen and oxygen atoms in total. The Morgan fingerprint density at radius 1 is 0.960 bits per heavy atom. The second kappa shape index (κ2) is 8.86. The summed E-state index contributed by atoms with van der Waals surface area (Å²) < 4.78 is 0. The third-order valence-electron chi connectivity index (χ3n) is 4.71. The number of benzene rings is 2. The van der Waals surface area contributed by atoms with E-state index >= 15 is 0 Å². The molecule has 1 saturated heterocycles. The van der Waals surface area contributed by atoms with Gasteiger partial charge in [0.1, 0.15) is 0 Å². The molecule has 3 rings (SSSR count). The molecule has 0 spiro atoms. The maximum atomic E-state index is 5.61. The lowest BCUT2D eigenvalue weighted by Gasteiger charge is -2.37. The van der Waals surface area contributed by atoms with Crippen LogP contribution in [0, 0.1) is 0 Å². The van der Waals surface area contributed by atoms with Crippen LogP contribution in [-0.2, 0) is 6.42 Å². The molecule has 0 saturated carbocycles. The summed E-state index contributed by atoms with van der Waals surface area (Å²) in [4.78, 5) is 4.68. The van der Waals surface area contributed by atoms with Crippen LogP contribution in [0.4, 0.5) is 11.4 Å². The largest absolute Gasteiger partial charge is 0.368 e. The molecular weight excluding hydrogens is 326 g/mol. The van der Waals surface area contributed by atoms with Gasteiger partial charge in [0, 0.05) is 37.6 Å². The monoisotopic (exact) mass is 353 g/mol. The minimum atomic E-state index is 0.828. The molecule has 1 fully saturated rings. The van der Waals surface area contributed by atoms with E-state index in [1.807, 2.05) is 0 Å². The Balaban J connectivity index is 1.49. The van der Waals surface area contributed by atoms with E-state index in [2.05, 4.69) is 76.6 Å². The zero-order chi connectivity index (χ0) is 17.5. The molecule has 2 aromatic carbocycles. The van der Waals surface area contributed by atoms with E-state index in [-0.39, 0.29) is 0 Å². The van der Waals surface area contributed by atoms with Crippen LogP contribution in [0.25, 0.3) is 0 Å². The minimum absolute atomic E-state index is 0.828. The molecule has 25 heavy (non-hydrogen) atoms. The summed E-state index contributed by atoms with van der Waals surface area (Å²) in [7, 11) is 0. The third kappa shape index (κ3) is 4.95. The zero-order valence-corrected chi connectivity index (χ0v) is 15.8. The summed E-state index contributed by atoms with van der Waals surface area (Å²) in [5.41, 5.74) is 3.77. The van der Waals surface area contributed by atoms with Gasteiger partial charge in [0.05, 0.1) is 0 Å². The van der Waals surface area contributed by atoms with Crippen molar-refractivity contribution in [2.75, 3.05) is 36.4 Å². The predicted molar refractivity (Wildman–Crippen MR) is 112 cm³/mol. The minimum Gasteiger partial charge on any atom is -0.368 e. The number of hydrogen-bond acceptors (Lipinski definition) is 2. The van der Waals surface area contributed by atoms with Crippen LogP contribution in [0.2, 0.25) is 0 Å². The first-order valence-corrected chi connectivity index (χ1v) is 9.62. The first-order valence-electron chi connectivity index (χ1n) is 9.21. The number of thiocarbonyl (C=S) groups is 1. The number of para-hydroxylation sites is 1. The number of anilines is 2. The van der Waals surface area contributed by atoms with Crippen LogP contribution < -0.4 is 10.2 Å². The van der Waals surface area contributed by atoms with Gasteiger partial charge in [-0.2, -0.15) is 0 Å². The lowest BCUT2D eigenvalue weighted by Crippen LogP contribution is -2.50. The van der Waals surface area contributed by atoms with Gasteiger partial charge in [0.25, 0.3) is 0 Å². The summed E-state index contributed by atoms with van der Waals surface area (Å²) in [5, 5.41) is 4.22. The highest BCUT2D eigenvalue weighted by Crippen LogP contribution is 2.17. The van der Waals surface area contributed by atoms with Crippen molar-refractivity contribution in [3.8, 4) is 0 Å². The van der Waals surface area contributed by atoms with E-state index in [1.54, 1.807) is 0 Å². The van der Waals surface area contributed by atoms with Crippen molar-refractivity contribution < 1.29 is 0 Å². The molecule has 0 amide bonds. The average molecular weight is 354 g/mol. The van der Waals surface area contributed by atoms with Crippen LogP contribution in [0.3, 0.4) is 0 Å². The molecule has 2 aromatic rings. The summed E-state index contributed by atoms with van der Waals surface area (Å²) in [6, 6.07) is 19.3. The maximum Gasteiger partial charge on any atom is 0.173 e. The molecule has 0 atom stereocenters. The summed E-state index contributed by atoms with van der Waals surface area (Å²) in [5.74, 6) is 0. The number of nitrogens with zero attached hydrogens (tertiary/aromatic N) is 2. The zero-order valence-electron chi connectivity index (χ0n) is 14.9. The normalized spacial score (nSPS) is 14.4. The molecule has 132 valence electrons. The molecule has 0 unspecified atom stereocenters. The van der Waals surface area contributed by atoms with Gasteiger partial charge in [-0.3, -0.25) is 0 Å². The van der Waals surface area contributed by atoms with Crippen molar-refractivity contribution >= 4 is 28.7 Å². The Kier molecular flexibility index (Phi) is 6.29. The molecular formula is C21H27N3S. The third-order valence-corrected chi connectivity index (χ3v) is 5.07. The fourth-order valence-electron chi connectivity index (χ4n) is 3.14. The van der Waals surface area contributed by atoms with Crippen molar-refractivity contribution in [2.45, 2.75) is 26.2 Å². The molecule has 0 aromatic heterocycles. The van der Waals surface area contributed by atoms with Crippen LogP contribution >= 0.6 is 12.2 Å². The van der Waals surface area contributed by atoms with E-state index in [1.165, 1.54) is 24.1 Å². The number of unbranched alkanes of at least 4 members (excludes halogenated alkanes) is 1. The lowest BCUT2D eigenvalue weighted by atomic mass is 10.1. The Morgan fingerprint density at radius 2 is 1.64 bits per heavy atom. The standard InChI is InChI=1S/C21H27N3S/c1-2-3-7-18-10-12-19(13-11-18)22-21(25)24-16-14-23(15-17-24)20-8-5-4-6-9-20/h4-6,8-13H,2-3,7,14-17H2,1H3,(H,22,25). The second-order valence-corrected chi connectivity index (χ2v) is 6.93. The number of aryl methyl sites for hydroxylation is 1. The van der Waals surface area contributed by atoms with E-state index in [9.17, 15) is 0 Å². The van der Waals surface area contributed by atoms with E-state index in [4.69, 9.17) is 12.2 Å². The van der Waals surface area contributed by atoms with Gasteiger partial charge in [-0.1, -0.05) is 43.7 Å².